The van der Waals surface area contributed by atoms with Crippen LogP contribution in [-0.2, 0) is 41.4 Å². The van der Waals surface area contributed by atoms with Crippen molar-refractivity contribution in [2.75, 3.05) is 13.3 Å². The smallest absolute Gasteiger partial charge is 0.313 e. The Labute approximate surface area is 201 Å². The first kappa shape index (κ1) is 26.1. The number of nitrogens with zero attached hydrogens (tertiary/aromatic N) is 1. The molecule has 0 saturated carbocycles. The van der Waals surface area contributed by atoms with Gasteiger partial charge >= 0.3 is 5.97 Å². The second kappa shape index (κ2) is 11.8. The molecule has 2 atom stereocenters. The van der Waals surface area contributed by atoms with Gasteiger partial charge in [-0.25, -0.2) is 10.2 Å². The average Bonchev–Trinajstić information content (AvgIpc) is 2.83. The number of hydrogen-bond donors (Lipinski definition) is 1. The zero-order valence-corrected chi connectivity index (χ0v) is 20.8. The predicted octanol–water partition coefficient (Wildman–Crippen LogP) is 4.66. The summed E-state index contributed by atoms with van der Waals surface area (Å²) < 4.78 is 24.8. The summed E-state index contributed by atoms with van der Waals surface area (Å²) in [6, 6.07) is 18.9. The second-order valence-corrected chi connectivity index (χ2v) is 11.6. The molecule has 1 fully saturated rings. The SMILES string of the molecule is CC(C)(C)C(=O)OCOP(=O)(NCc1ccccc1)C1CCCN(OCc2ccccc2)C1=O. The van der Waals surface area contributed by atoms with Gasteiger partial charge in [0, 0.05) is 13.1 Å². The molecule has 2 unspecified atom stereocenters. The van der Waals surface area contributed by atoms with Gasteiger partial charge in [0.1, 0.15) is 12.3 Å². The third kappa shape index (κ3) is 7.24. The van der Waals surface area contributed by atoms with Crippen LogP contribution in [0.25, 0.3) is 0 Å². The lowest BCUT2D eigenvalue weighted by Gasteiger charge is -2.35. The highest BCUT2D eigenvalue weighted by atomic mass is 31.2. The number of amides is 1. The molecular weight excluding hydrogens is 455 g/mol. The highest BCUT2D eigenvalue weighted by Crippen LogP contribution is 2.51. The number of piperidine rings is 1. The summed E-state index contributed by atoms with van der Waals surface area (Å²) in [4.78, 5) is 31.1. The van der Waals surface area contributed by atoms with E-state index in [9.17, 15) is 14.2 Å². The maximum Gasteiger partial charge on any atom is 0.313 e. The van der Waals surface area contributed by atoms with Crippen LogP contribution in [0, 0.1) is 5.41 Å². The Hall–Kier alpha value is -2.51. The monoisotopic (exact) mass is 488 g/mol. The van der Waals surface area contributed by atoms with Crippen molar-refractivity contribution in [1.82, 2.24) is 10.2 Å². The molecule has 3 rings (SSSR count). The van der Waals surface area contributed by atoms with Gasteiger partial charge in [-0.2, -0.15) is 0 Å². The zero-order chi connectivity index (χ0) is 24.6. The Kier molecular flexibility index (Phi) is 9.03. The Morgan fingerprint density at radius 1 is 1.06 bits per heavy atom. The minimum Gasteiger partial charge on any atom is -0.438 e. The molecule has 0 bridgehead atoms. The van der Waals surface area contributed by atoms with E-state index in [1.807, 2.05) is 60.7 Å². The molecule has 1 N–H and O–H groups in total. The molecular formula is C25H33N2O6P. The lowest BCUT2D eigenvalue weighted by atomic mass is 9.98. The van der Waals surface area contributed by atoms with Crippen LogP contribution in [0.1, 0.15) is 44.7 Å². The van der Waals surface area contributed by atoms with E-state index in [0.717, 1.165) is 11.1 Å². The molecule has 1 amide bonds. The molecule has 1 aliphatic rings. The third-order valence-corrected chi connectivity index (χ3v) is 7.79. The molecule has 9 heteroatoms. The largest absolute Gasteiger partial charge is 0.438 e. The normalized spacial score (nSPS) is 18.4. The topological polar surface area (TPSA) is 94.2 Å². The van der Waals surface area contributed by atoms with E-state index in [2.05, 4.69) is 5.09 Å². The number of hydroxylamine groups is 2. The number of nitrogens with one attached hydrogen (secondary N) is 1. The molecule has 34 heavy (non-hydrogen) atoms. The molecule has 0 aromatic heterocycles. The van der Waals surface area contributed by atoms with Crippen molar-refractivity contribution >= 4 is 19.4 Å². The lowest BCUT2D eigenvalue weighted by Crippen LogP contribution is -2.45. The van der Waals surface area contributed by atoms with Gasteiger partial charge in [0.05, 0.1) is 5.41 Å². The summed E-state index contributed by atoms with van der Waals surface area (Å²) in [6.45, 7) is 5.51. The fourth-order valence-corrected chi connectivity index (χ4v) is 5.46. The summed E-state index contributed by atoms with van der Waals surface area (Å²) in [5, 5.41) is 4.22. The van der Waals surface area contributed by atoms with Gasteiger partial charge in [-0.15, -0.1) is 0 Å². The van der Waals surface area contributed by atoms with E-state index in [1.54, 1.807) is 20.8 Å². The van der Waals surface area contributed by atoms with Crippen LogP contribution in [0.4, 0.5) is 0 Å². The summed E-state index contributed by atoms with van der Waals surface area (Å²) in [6.07, 6.45) is 0.976. The standard InChI is InChI=1S/C25H33N2O6P/c1-25(2,3)24(29)31-19-33-34(30,26-17-20-11-6-4-7-12-20)22-15-10-16-27(23(22)28)32-18-21-13-8-5-9-14-21/h4-9,11-14,22H,10,15-19H2,1-3H3,(H,26,30). The predicted molar refractivity (Wildman–Crippen MR) is 128 cm³/mol. The van der Waals surface area contributed by atoms with Crippen LogP contribution in [0.15, 0.2) is 60.7 Å². The Balaban J connectivity index is 1.71. The van der Waals surface area contributed by atoms with Gasteiger partial charge in [-0.05, 0) is 44.7 Å². The molecule has 184 valence electrons. The Morgan fingerprint density at radius 2 is 1.68 bits per heavy atom. The quantitative estimate of drug-likeness (QED) is 0.295. The van der Waals surface area contributed by atoms with E-state index in [0.29, 0.717) is 19.4 Å². The Morgan fingerprint density at radius 3 is 2.29 bits per heavy atom. The molecule has 0 aliphatic carbocycles. The third-order valence-electron chi connectivity index (χ3n) is 5.40. The fourth-order valence-electron chi connectivity index (χ4n) is 3.42. The van der Waals surface area contributed by atoms with Crippen LogP contribution < -0.4 is 5.09 Å². The molecule has 8 nitrogen and oxygen atoms in total. The minimum atomic E-state index is -3.76. The maximum absolute atomic E-state index is 14.0. The van der Waals surface area contributed by atoms with E-state index >= 15 is 0 Å². The first-order valence-electron chi connectivity index (χ1n) is 11.4. The number of hydrogen-bond acceptors (Lipinski definition) is 6. The molecule has 0 radical (unpaired) electrons. The molecule has 1 saturated heterocycles. The summed E-state index contributed by atoms with van der Waals surface area (Å²) in [5.41, 5.74) is 0.133. The number of benzene rings is 2. The number of ether oxygens (including phenoxy) is 1. The van der Waals surface area contributed by atoms with E-state index in [-0.39, 0.29) is 13.2 Å². The van der Waals surface area contributed by atoms with Crippen molar-refractivity contribution < 1.29 is 28.3 Å². The van der Waals surface area contributed by atoms with Crippen LogP contribution in [0.3, 0.4) is 0 Å². The van der Waals surface area contributed by atoms with E-state index in [4.69, 9.17) is 14.1 Å². The van der Waals surface area contributed by atoms with Crippen LogP contribution in [0.2, 0.25) is 0 Å². The first-order chi connectivity index (χ1) is 16.2. The highest BCUT2D eigenvalue weighted by molar-refractivity contribution is 7.58. The van der Waals surface area contributed by atoms with Crippen LogP contribution in [0.5, 0.6) is 0 Å². The number of carbonyl (C=O) groups excluding carboxylic acids is 2. The van der Waals surface area contributed by atoms with Crippen molar-refractivity contribution in [3.8, 4) is 0 Å². The number of carbonyl (C=O) groups is 2. The lowest BCUT2D eigenvalue weighted by molar-refractivity contribution is -0.196. The van der Waals surface area contributed by atoms with Crippen molar-refractivity contribution in [2.24, 2.45) is 5.41 Å². The summed E-state index contributed by atoms with van der Waals surface area (Å²) >= 11 is 0. The molecule has 0 spiro atoms. The minimum absolute atomic E-state index is 0.227. The van der Waals surface area contributed by atoms with E-state index in [1.165, 1.54) is 5.06 Å². The first-order valence-corrected chi connectivity index (χ1v) is 13.1. The molecule has 1 heterocycles. The van der Waals surface area contributed by atoms with E-state index < -0.39 is 37.3 Å². The van der Waals surface area contributed by atoms with Gasteiger partial charge in [0.25, 0.3) is 13.4 Å². The summed E-state index contributed by atoms with van der Waals surface area (Å²) in [7, 11) is -3.76. The van der Waals surface area contributed by atoms with Gasteiger partial charge in [0.2, 0.25) is 0 Å². The van der Waals surface area contributed by atoms with Crippen molar-refractivity contribution in [2.45, 2.75) is 52.4 Å². The van der Waals surface area contributed by atoms with Gasteiger partial charge in [-0.3, -0.25) is 23.5 Å². The highest BCUT2D eigenvalue weighted by Gasteiger charge is 2.44. The zero-order valence-electron chi connectivity index (χ0n) is 19.9. The summed E-state index contributed by atoms with van der Waals surface area (Å²) in [5.74, 6) is -0.891. The number of esters is 1. The van der Waals surface area contributed by atoms with Gasteiger partial charge in [-0.1, -0.05) is 60.7 Å². The Bertz CT molecular complexity index is 993. The molecule has 2 aromatic carbocycles. The fraction of sp³-hybridized carbons (Fsp3) is 0.440. The number of rotatable bonds is 10. The van der Waals surface area contributed by atoms with Gasteiger partial charge in [0.15, 0.2) is 6.79 Å². The molecule has 1 aliphatic heterocycles. The van der Waals surface area contributed by atoms with Crippen LogP contribution >= 0.6 is 7.52 Å². The van der Waals surface area contributed by atoms with Crippen molar-refractivity contribution in [3.05, 3.63) is 71.8 Å². The second-order valence-electron chi connectivity index (χ2n) is 9.20. The van der Waals surface area contributed by atoms with Crippen LogP contribution in [-0.4, -0.2) is 35.9 Å². The molecule has 2 aromatic rings. The van der Waals surface area contributed by atoms with Crippen molar-refractivity contribution in [1.29, 1.82) is 0 Å². The van der Waals surface area contributed by atoms with Gasteiger partial charge < -0.3 is 4.74 Å². The maximum atomic E-state index is 14.0. The van der Waals surface area contributed by atoms with Crippen molar-refractivity contribution in [3.63, 3.8) is 0 Å². The average molecular weight is 489 g/mol.